The van der Waals surface area contributed by atoms with Gasteiger partial charge in [0.05, 0.1) is 11.4 Å². The van der Waals surface area contributed by atoms with Crippen LogP contribution in [0.4, 0.5) is 16.3 Å². The summed E-state index contributed by atoms with van der Waals surface area (Å²) in [4.78, 5) is 32.0. The van der Waals surface area contributed by atoms with Crippen molar-refractivity contribution in [2.24, 2.45) is 5.92 Å². The number of urea groups is 1. The molecule has 1 aliphatic rings. The summed E-state index contributed by atoms with van der Waals surface area (Å²) in [5.41, 5.74) is 5.80. The molecule has 4 aromatic rings. The minimum absolute atomic E-state index is 0.166. The number of amides is 3. The normalized spacial score (nSPS) is 14.0. The van der Waals surface area contributed by atoms with E-state index in [2.05, 4.69) is 42.5 Å². The predicted octanol–water partition coefficient (Wildman–Crippen LogP) is 6.93. The smallest absolute Gasteiger partial charge is 0.324 e. The Labute approximate surface area is 254 Å². The van der Waals surface area contributed by atoms with Gasteiger partial charge in [0.25, 0.3) is 0 Å². The fourth-order valence-corrected chi connectivity index (χ4v) is 5.45. The van der Waals surface area contributed by atoms with E-state index in [1.54, 1.807) is 10.9 Å². The standard InChI is InChI=1S/C35H42N6O2/c1-25-10-13-30(14-11-25)41-32(23-31(39-41)35(2,3)4)38-34(43)37-29-9-5-7-28(22-29)21-26-16-19-40(20-17-26)33(42)15-12-27-8-6-18-36-24-27/h5-11,13-14,18,22-24,26H,12,15-17,19-21H2,1-4H3,(H2,37,38,43). The first-order chi connectivity index (χ1) is 20.6. The van der Waals surface area contributed by atoms with Gasteiger partial charge in [-0.1, -0.05) is 56.7 Å². The van der Waals surface area contributed by atoms with Crippen LogP contribution < -0.4 is 10.6 Å². The molecule has 0 atom stereocenters. The van der Waals surface area contributed by atoms with Crippen molar-refractivity contribution in [3.05, 3.63) is 102 Å². The van der Waals surface area contributed by atoms with Gasteiger partial charge in [-0.25, -0.2) is 9.48 Å². The lowest BCUT2D eigenvalue weighted by molar-refractivity contribution is -0.132. The van der Waals surface area contributed by atoms with Crippen LogP contribution in [0.5, 0.6) is 0 Å². The maximum Gasteiger partial charge on any atom is 0.324 e. The minimum atomic E-state index is -0.316. The summed E-state index contributed by atoms with van der Waals surface area (Å²) < 4.78 is 1.78. The molecule has 0 radical (unpaired) electrons. The molecule has 0 spiro atoms. The van der Waals surface area contributed by atoms with E-state index in [0.29, 0.717) is 18.2 Å². The SMILES string of the molecule is Cc1ccc(-n2nc(C(C)(C)C)cc2NC(=O)Nc2cccc(CC3CCN(C(=O)CCc4cccnc4)CC3)c2)cc1. The van der Waals surface area contributed by atoms with Crippen LogP contribution in [0.15, 0.2) is 79.1 Å². The third-order valence-electron chi connectivity index (χ3n) is 8.02. The second-order valence-corrected chi connectivity index (χ2v) is 12.6. The molecule has 2 aromatic carbocycles. The highest BCUT2D eigenvalue weighted by atomic mass is 16.2. The van der Waals surface area contributed by atoms with Gasteiger partial charge in [-0.05, 0) is 80.0 Å². The average molecular weight is 579 g/mol. The molecular weight excluding hydrogens is 536 g/mol. The van der Waals surface area contributed by atoms with Crippen molar-refractivity contribution in [1.82, 2.24) is 19.7 Å². The molecule has 0 bridgehead atoms. The predicted molar refractivity (Wildman–Crippen MR) is 172 cm³/mol. The first-order valence-electron chi connectivity index (χ1n) is 15.2. The number of carbonyl (C=O) groups is 2. The average Bonchev–Trinajstić information content (AvgIpc) is 3.41. The number of likely N-dealkylation sites (tertiary alicyclic amines) is 1. The lowest BCUT2D eigenvalue weighted by atomic mass is 9.90. The highest BCUT2D eigenvalue weighted by molar-refractivity contribution is 5.99. The zero-order valence-electron chi connectivity index (χ0n) is 25.6. The van der Waals surface area contributed by atoms with Crippen LogP contribution in [0.25, 0.3) is 5.69 Å². The zero-order valence-corrected chi connectivity index (χ0v) is 25.6. The second kappa shape index (κ2) is 13.2. The minimum Gasteiger partial charge on any atom is -0.343 e. The Bertz CT molecular complexity index is 1530. The van der Waals surface area contributed by atoms with Gasteiger partial charge in [0.2, 0.25) is 5.91 Å². The van der Waals surface area contributed by atoms with E-state index in [1.807, 2.05) is 78.7 Å². The molecule has 43 heavy (non-hydrogen) atoms. The Kier molecular flexibility index (Phi) is 9.24. The number of carbonyl (C=O) groups excluding carboxylic acids is 2. The lowest BCUT2D eigenvalue weighted by Gasteiger charge is -2.32. The van der Waals surface area contributed by atoms with Crippen molar-refractivity contribution in [2.75, 3.05) is 23.7 Å². The van der Waals surface area contributed by atoms with Crippen LogP contribution in [0.3, 0.4) is 0 Å². The summed E-state index contributed by atoms with van der Waals surface area (Å²) in [6.07, 6.45) is 7.72. The van der Waals surface area contributed by atoms with E-state index in [4.69, 9.17) is 5.10 Å². The number of aryl methyl sites for hydroxylation is 2. The van der Waals surface area contributed by atoms with Crippen molar-refractivity contribution >= 4 is 23.4 Å². The highest BCUT2D eigenvalue weighted by Crippen LogP contribution is 2.27. The van der Waals surface area contributed by atoms with Crippen LogP contribution in [0, 0.1) is 12.8 Å². The van der Waals surface area contributed by atoms with Gasteiger partial charge in [0.15, 0.2) is 0 Å². The Hall–Kier alpha value is -4.46. The summed E-state index contributed by atoms with van der Waals surface area (Å²) >= 11 is 0. The number of hydrogen-bond donors (Lipinski definition) is 2. The number of pyridine rings is 1. The monoisotopic (exact) mass is 578 g/mol. The summed E-state index contributed by atoms with van der Waals surface area (Å²) in [5.74, 6) is 1.34. The fourth-order valence-electron chi connectivity index (χ4n) is 5.45. The van der Waals surface area contributed by atoms with E-state index < -0.39 is 0 Å². The molecule has 8 nitrogen and oxygen atoms in total. The Balaban J connectivity index is 1.16. The molecular formula is C35H42N6O2. The number of nitrogens with one attached hydrogen (secondary N) is 2. The third kappa shape index (κ3) is 8.09. The fraction of sp³-hybridized carbons (Fsp3) is 0.371. The molecule has 0 saturated carbocycles. The van der Waals surface area contributed by atoms with Crippen molar-refractivity contribution in [3.8, 4) is 5.69 Å². The van der Waals surface area contributed by atoms with E-state index in [0.717, 1.165) is 67.0 Å². The third-order valence-corrected chi connectivity index (χ3v) is 8.02. The maximum atomic E-state index is 13.1. The molecule has 2 aromatic heterocycles. The van der Waals surface area contributed by atoms with Gasteiger partial charge in [-0.2, -0.15) is 5.10 Å². The van der Waals surface area contributed by atoms with Gasteiger partial charge < -0.3 is 10.2 Å². The van der Waals surface area contributed by atoms with E-state index in [9.17, 15) is 9.59 Å². The summed E-state index contributed by atoms with van der Waals surface area (Å²) in [5, 5.41) is 10.8. The first-order valence-corrected chi connectivity index (χ1v) is 15.2. The molecule has 1 fully saturated rings. The Morgan fingerprint density at radius 1 is 0.930 bits per heavy atom. The molecule has 1 aliphatic heterocycles. The number of hydrogen-bond acceptors (Lipinski definition) is 4. The van der Waals surface area contributed by atoms with E-state index >= 15 is 0 Å². The zero-order chi connectivity index (χ0) is 30.4. The summed E-state index contributed by atoms with van der Waals surface area (Å²) in [6.45, 7) is 9.95. The van der Waals surface area contributed by atoms with Gasteiger partial charge in [0.1, 0.15) is 5.82 Å². The van der Waals surface area contributed by atoms with Crippen LogP contribution in [0.1, 0.15) is 62.4 Å². The molecule has 224 valence electrons. The number of anilines is 2. The van der Waals surface area contributed by atoms with Crippen LogP contribution in [-0.4, -0.2) is 44.7 Å². The van der Waals surface area contributed by atoms with Crippen molar-refractivity contribution in [3.63, 3.8) is 0 Å². The van der Waals surface area contributed by atoms with Gasteiger partial charge in [-0.15, -0.1) is 0 Å². The van der Waals surface area contributed by atoms with Crippen molar-refractivity contribution < 1.29 is 9.59 Å². The van der Waals surface area contributed by atoms with Crippen molar-refractivity contribution in [1.29, 1.82) is 0 Å². The number of piperidine rings is 1. The molecule has 0 unspecified atom stereocenters. The number of nitrogens with zero attached hydrogens (tertiary/aromatic N) is 4. The molecule has 8 heteroatoms. The molecule has 0 aliphatic carbocycles. The van der Waals surface area contributed by atoms with Crippen LogP contribution >= 0.6 is 0 Å². The molecule has 1 saturated heterocycles. The highest BCUT2D eigenvalue weighted by Gasteiger charge is 2.24. The molecule has 3 amide bonds. The number of rotatable bonds is 8. The molecule has 3 heterocycles. The van der Waals surface area contributed by atoms with Gasteiger partial charge in [0, 0.05) is 49.1 Å². The molecule has 5 rings (SSSR count). The number of aromatic nitrogens is 3. The van der Waals surface area contributed by atoms with Gasteiger partial charge >= 0.3 is 6.03 Å². The van der Waals surface area contributed by atoms with Gasteiger partial charge in [-0.3, -0.25) is 15.1 Å². The second-order valence-electron chi connectivity index (χ2n) is 12.6. The number of benzene rings is 2. The lowest BCUT2D eigenvalue weighted by Crippen LogP contribution is -2.39. The Morgan fingerprint density at radius 2 is 1.67 bits per heavy atom. The topological polar surface area (TPSA) is 92.2 Å². The first kappa shape index (κ1) is 30.0. The summed E-state index contributed by atoms with van der Waals surface area (Å²) in [6, 6.07) is 21.7. The summed E-state index contributed by atoms with van der Waals surface area (Å²) in [7, 11) is 0. The quantitative estimate of drug-likeness (QED) is 0.237. The molecule has 2 N–H and O–H groups in total. The largest absolute Gasteiger partial charge is 0.343 e. The maximum absolute atomic E-state index is 13.1. The van der Waals surface area contributed by atoms with E-state index in [1.165, 1.54) is 5.56 Å². The van der Waals surface area contributed by atoms with E-state index in [-0.39, 0.29) is 17.4 Å². The van der Waals surface area contributed by atoms with Crippen LogP contribution in [0.2, 0.25) is 0 Å². The van der Waals surface area contributed by atoms with Crippen LogP contribution in [-0.2, 0) is 23.1 Å². The Morgan fingerprint density at radius 3 is 2.37 bits per heavy atom. The van der Waals surface area contributed by atoms with Crippen molar-refractivity contribution in [2.45, 2.75) is 65.2 Å².